The number of carbonyl (C=O) groups excluding carboxylic acids is 1. The third-order valence-electron chi connectivity index (χ3n) is 5.56. The van der Waals surface area contributed by atoms with Crippen LogP contribution in [-0.2, 0) is 4.74 Å². The Kier molecular flexibility index (Phi) is 6.20. The molecule has 6 heteroatoms. The van der Waals surface area contributed by atoms with Gasteiger partial charge in [-0.3, -0.25) is 0 Å². The van der Waals surface area contributed by atoms with E-state index < -0.39 is 0 Å². The number of nitrogens with one attached hydrogen (secondary N) is 1. The van der Waals surface area contributed by atoms with Crippen LogP contribution in [0.25, 0.3) is 0 Å². The van der Waals surface area contributed by atoms with Gasteiger partial charge >= 0.3 is 6.03 Å². The van der Waals surface area contributed by atoms with E-state index in [4.69, 9.17) is 14.2 Å². The van der Waals surface area contributed by atoms with E-state index in [2.05, 4.69) is 5.32 Å². The highest BCUT2D eigenvalue weighted by molar-refractivity contribution is 5.90. The number of anilines is 1. The van der Waals surface area contributed by atoms with Crippen LogP contribution in [0.3, 0.4) is 0 Å². The Hall–Kier alpha value is -2.73. The van der Waals surface area contributed by atoms with Crippen molar-refractivity contribution >= 4 is 11.7 Å². The van der Waals surface area contributed by atoms with Gasteiger partial charge in [0.2, 0.25) is 0 Å². The van der Waals surface area contributed by atoms with Crippen molar-refractivity contribution < 1.29 is 19.0 Å². The standard InChI is InChI=1S/C23H28N2O4/c1-27-19-11-9-17(10-12-19)22-8-3-13-25(22)23(26)24-18-5-2-6-20(15-18)29-16-21-7-4-14-28-21/h2,5-6,9-12,15,21-22H,3-4,7-8,13-14,16H2,1H3,(H,24,26). The van der Waals surface area contributed by atoms with E-state index in [1.807, 2.05) is 53.4 Å². The molecule has 1 N–H and O–H groups in total. The normalized spacial score (nSPS) is 21.2. The Morgan fingerprint density at radius 3 is 2.76 bits per heavy atom. The second kappa shape index (κ2) is 9.18. The molecular formula is C23H28N2O4. The van der Waals surface area contributed by atoms with E-state index in [1.165, 1.54) is 0 Å². The monoisotopic (exact) mass is 396 g/mol. The summed E-state index contributed by atoms with van der Waals surface area (Å²) in [6, 6.07) is 15.5. The highest BCUT2D eigenvalue weighted by Crippen LogP contribution is 2.33. The van der Waals surface area contributed by atoms with E-state index >= 15 is 0 Å². The molecule has 0 bridgehead atoms. The largest absolute Gasteiger partial charge is 0.497 e. The van der Waals surface area contributed by atoms with E-state index in [9.17, 15) is 4.79 Å². The molecular weight excluding hydrogens is 368 g/mol. The molecule has 2 unspecified atom stereocenters. The number of hydrogen-bond donors (Lipinski definition) is 1. The van der Waals surface area contributed by atoms with Crippen LogP contribution in [0, 0.1) is 0 Å². The van der Waals surface area contributed by atoms with Gasteiger partial charge in [-0.05, 0) is 55.5 Å². The quantitative estimate of drug-likeness (QED) is 0.774. The first-order valence-electron chi connectivity index (χ1n) is 10.3. The summed E-state index contributed by atoms with van der Waals surface area (Å²) >= 11 is 0. The number of ether oxygens (including phenoxy) is 3. The van der Waals surface area contributed by atoms with Crippen LogP contribution in [0.1, 0.15) is 37.3 Å². The lowest BCUT2D eigenvalue weighted by molar-refractivity contribution is 0.0680. The second-order valence-electron chi connectivity index (χ2n) is 7.53. The highest BCUT2D eigenvalue weighted by Gasteiger charge is 2.30. The maximum Gasteiger partial charge on any atom is 0.322 e. The van der Waals surface area contributed by atoms with E-state index in [1.54, 1.807) is 7.11 Å². The fraction of sp³-hybridized carbons (Fsp3) is 0.435. The van der Waals surface area contributed by atoms with Crippen molar-refractivity contribution in [3.05, 3.63) is 54.1 Å². The van der Waals surface area contributed by atoms with Crippen molar-refractivity contribution in [2.45, 2.75) is 37.8 Å². The SMILES string of the molecule is COc1ccc(C2CCCN2C(=O)Nc2cccc(OCC3CCCO3)c2)cc1. The average molecular weight is 396 g/mol. The van der Waals surface area contributed by atoms with Crippen LogP contribution in [-0.4, -0.2) is 43.9 Å². The number of methoxy groups -OCH3 is 1. The van der Waals surface area contributed by atoms with Crippen LogP contribution in [0.4, 0.5) is 10.5 Å². The van der Waals surface area contributed by atoms with Crippen molar-refractivity contribution in [2.24, 2.45) is 0 Å². The van der Waals surface area contributed by atoms with Gasteiger partial charge in [-0.25, -0.2) is 4.79 Å². The summed E-state index contributed by atoms with van der Waals surface area (Å²) < 4.78 is 16.7. The van der Waals surface area contributed by atoms with Gasteiger partial charge in [-0.15, -0.1) is 0 Å². The van der Waals surface area contributed by atoms with Crippen molar-refractivity contribution in [3.8, 4) is 11.5 Å². The van der Waals surface area contributed by atoms with Gasteiger partial charge in [0, 0.05) is 24.9 Å². The summed E-state index contributed by atoms with van der Waals surface area (Å²) in [6.07, 6.45) is 4.26. The molecule has 6 nitrogen and oxygen atoms in total. The molecule has 29 heavy (non-hydrogen) atoms. The number of benzene rings is 2. The lowest BCUT2D eigenvalue weighted by Gasteiger charge is -2.25. The summed E-state index contributed by atoms with van der Waals surface area (Å²) in [5.74, 6) is 1.56. The van der Waals surface area contributed by atoms with Gasteiger partial charge in [0.1, 0.15) is 18.1 Å². The number of rotatable bonds is 6. The van der Waals surface area contributed by atoms with Crippen LogP contribution in [0.15, 0.2) is 48.5 Å². The lowest BCUT2D eigenvalue weighted by Crippen LogP contribution is -2.34. The topological polar surface area (TPSA) is 60.0 Å². The number of nitrogens with zero attached hydrogens (tertiary/aromatic N) is 1. The number of urea groups is 1. The zero-order valence-corrected chi connectivity index (χ0v) is 16.8. The third kappa shape index (κ3) is 4.82. The molecule has 2 aromatic rings. The van der Waals surface area contributed by atoms with E-state index in [0.717, 1.165) is 61.6 Å². The fourth-order valence-corrected chi connectivity index (χ4v) is 4.01. The van der Waals surface area contributed by atoms with E-state index in [0.29, 0.717) is 6.61 Å². The summed E-state index contributed by atoms with van der Waals surface area (Å²) in [5.41, 5.74) is 1.87. The Bertz CT molecular complexity index is 818. The molecule has 0 spiro atoms. The predicted octanol–water partition coefficient (Wildman–Crippen LogP) is 4.62. The third-order valence-corrected chi connectivity index (χ3v) is 5.56. The van der Waals surface area contributed by atoms with Crippen LogP contribution >= 0.6 is 0 Å². The molecule has 2 fully saturated rings. The minimum atomic E-state index is -0.0837. The number of carbonyl (C=O) groups is 1. The molecule has 0 aromatic heterocycles. The zero-order valence-electron chi connectivity index (χ0n) is 16.8. The maximum absolute atomic E-state index is 12.9. The first kappa shape index (κ1) is 19.6. The molecule has 4 rings (SSSR count). The molecule has 2 saturated heterocycles. The smallest absolute Gasteiger partial charge is 0.322 e. The molecule has 0 radical (unpaired) electrons. The van der Waals surface area contributed by atoms with Crippen molar-refractivity contribution in [1.29, 1.82) is 0 Å². The van der Waals surface area contributed by atoms with Gasteiger partial charge in [0.25, 0.3) is 0 Å². The fourth-order valence-electron chi connectivity index (χ4n) is 4.01. The Morgan fingerprint density at radius 1 is 1.14 bits per heavy atom. The number of likely N-dealkylation sites (tertiary alicyclic amines) is 1. The summed E-state index contributed by atoms with van der Waals surface area (Å²) in [7, 11) is 1.66. The summed E-state index contributed by atoms with van der Waals surface area (Å²) in [5, 5.41) is 3.03. The zero-order chi connectivity index (χ0) is 20.1. The lowest BCUT2D eigenvalue weighted by atomic mass is 10.0. The van der Waals surface area contributed by atoms with Crippen LogP contribution in [0.2, 0.25) is 0 Å². The molecule has 2 heterocycles. The molecule has 0 aliphatic carbocycles. The number of hydrogen-bond acceptors (Lipinski definition) is 4. The molecule has 2 atom stereocenters. The van der Waals surface area contributed by atoms with E-state index in [-0.39, 0.29) is 18.2 Å². The van der Waals surface area contributed by atoms with Gasteiger partial charge in [-0.1, -0.05) is 18.2 Å². The predicted molar refractivity (Wildman–Crippen MR) is 112 cm³/mol. The van der Waals surface area contributed by atoms with Crippen molar-refractivity contribution in [1.82, 2.24) is 4.90 Å². The minimum absolute atomic E-state index is 0.0832. The summed E-state index contributed by atoms with van der Waals surface area (Å²) in [4.78, 5) is 14.8. The first-order valence-corrected chi connectivity index (χ1v) is 10.3. The van der Waals surface area contributed by atoms with Gasteiger partial charge in [0.05, 0.1) is 19.3 Å². The Labute approximate surface area is 171 Å². The minimum Gasteiger partial charge on any atom is -0.497 e. The van der Waals surface area contributed by atoms with Crippen molar-refractivity contribution in [2.75, 3.05) is 32.2 Å². The van der Waals surface area contributed by atoms with Gasteiger partial charge in [0.15, 0.2) is 0 Å². The van der Waals surface area contributed by atoms with Gasteiger partial charge < -0.3 is 24.4 Å². The first-order chi connectivity index (χ1) is 14.2. The molecule has 2 amide bonds. The molecule has 154 valence electrons. The second-order valence-corrected chi connectivity index (χ2v) is 7.53. The molecule has 2 aromatic carbocycles. The summed E-state index contributed by atoms with van der Waals surface area (Å²) in [6.45, 7) is 2.11. The van der Waals surface area contributed by atoms with Crippen molar-refractivity contribution in [3.63, 3.8) is 0 Å². The Morgan fingerprint density at radius 2 is 2.00 bits per heavy atom. The molecule has 2 aliphatic rings. The van der Waals surface area contributed by atoms with Crippen LogP contribution in [0.5, 0.6) is 11.5 Å². The highest BCUT2D eigenvalue weighted by atomic mass is 16.5. The van der Waals surface area contributed by atoms with Crippen LogP contribution < -0.4 is 14.8 Å². The molecule has 0 saturated carbocycles. The maximum atomic E-state index is 12.9. The van der Waals surface area contributed by atoms with Gasteiger partial charge in [-0.2, -0.15) is 0 Å². The average Bonchev–Trinajstić information content (AvgIpc) is 3.45. The Balaban J connectivity index is 1.38. The number of amides is 2. The molecule has 2 aliphatic heterocycles.